The summed E-state index contributed by atoms with van der Waals surface area (Å²) in [5.41, 5.74) is 3.63. The van der Waals surface area contributed by atoms with Gasteiger partial charge in [-0.25, -0.2) is 14.8 Å². The summed E-state index contributed by atoms with van der Waals surface area (Å²) in [6.07, 6.45) is 1.05. The van der Waals surface area contributed by atoms with Crippen LogP contribution in [-0.4, -0.2) is 27.7 Å². The number of aromatic amines is 1. The molecular formula is C22H21N5O2. The summed E-state index contributed by atoms with van der Waals surface area (Å²) in [7, 11) is 0. The molecule has 0 bridgehead atoms. The average Bonchev–Trinajstić information content (AvgIpc) is 3.22. The van der Waals surface area contributed by atoms with Gasteiger partial charge in [0.05, 0.1) is 24.5 Å². The fourth-order valence-corrected chi connectivity index (χ4v) is 3.17. The standard InChI is InChI=1S/C22H21N5O2/c1-2-29-22(28)26-18-13-17-20(24-14-23-17)21(25-18)27-19(15-9-5-3-6-10-15)16-11-7-4-8-12-16/h3-14,19H,2H2,1H3,(H,23,24)(H2,25,26,27,28). The minimum Gasteiger partial charge on any atom is -0.450 e. The first kappa shape index (κ1) is 18.5. The molecule has 0 radical (unpaired) electrons. The van der Waals surface area contributed by atoms with E-state index in [0.717, 1.165) is 16.6 Å². The van der Waals surface area contributed by atoms with Crippen molar-refractivity contribution in [2.75, 3.05) is 17.2 Å². The van der Waals surface area contributed by atoms with Crippen molar-refractivity contribution in [3.63, 3.8) is 0 Å². The Morgan fingerprint density at radius 2 is 1.72 bits per heavy atom. The smallest absolute Gasteiger partial charge is 0.412 e. The highest BCUT2D eigenvalue weighted by Crippen LogP contribution is 2.30. The number of aromatic nitrogens is 3. The van der Waals surface area contributed by atoms with Gasteiger partial charge in [0.25, 0.3) is 0 Å². The summed E-state index contributed by atoms with van der Waals surface area (Å²) >= 11 is 0. The number of carbonyl (C=O) groups excluding carboxylic acids is 1. The number of carbonyl (C=O) groups is 1. The summed E-state index contributed by atoms with van der Waals surface area (Å²) in [6, 6.07) is 21.8. The highest BCUT2D eigenvalue weighted by atomic mass is 16.5. The van der Waals surface area contributed by atoms with Crippen LogP contribution >= 0.6 is 0 Å². The predicted octanol–water partition coefficient (Wildman–Crippen LogP) is 4.73. The molecule has 3 N–H and O–H groups in total. The summed E-state index contributed by atoms with van der Waals surface area (Å²) in [5, 5.41) is 6.16. The van der Waals surface area contributed by atoms with Crippen LogP contribution in [0.2, 0.25) is 0 Å². The number of nitrogens with zero attached hydrogens (tertiary/aromatic N) is 2. The molecule has 0 saturated heterocycles. The first-order valence-corrected chi connectivity index (χ1v) is 9.39. The van der Waals surface area contributed by atoms with Crippen molar-refractivity contribution in [3.05, 3.63) is 84.2 Å². The average molecular weight is 387 g/mol. The van der Waals surface area contributed by atoms with E-state index in [2.05, 4.69) is 49.9 Å². The lowest BCUT2D eigenvalue weighted by molar-refractivity contribution is 0.168. The Morgan fingerprint density at radius 3 is 2.34 bits per heavy atom. The van der Waals surface area contributed by atoms with Gasteiger partial charge in [-0.2, -0.15) is 0 Å². The number of anilines is 2. The second-order valence-corrected chi connectivity index (χ2v) is 6.40. The van der Waals surface area contributed by atoms with Crippen LogP contribution in [-0.2, 0) is 4.74 Å². The number of amides is 1. The Kier molecular flexibility index (Phi) is 5.38. The van der Waals surface area contributed by atoms with Crippen LogP contribution in [0.1, 0.15) is 24.1 Å². The molecule has 0 aliphatic heterocycles. The number of imidazole rings is 1. The van der Waals surface area contributed by atoms with Gasteiger partial charge in [0.15, 0.2) is 5.82 Å². The van der Waals surface area contributed by atoms with Gasteiger partial charge in [0.1, 0.15) is 11.3 Å². The monoisotopic (exact) mass is 387 g/mol. The highest BCUT2D eigenvalue weighted by Gasteiger charge is 2.18. The van der Waals surface area contributed by atoms with Crippen molar-refractivity contribution in [1.29, 1.82) is 0 Å². The van der Waals surface area contributed by atoms with E-state index < -0.39 is 6.09 Å². The number of nitrogens with one attached hydrogen (secondary N) is 3. The lowest BCUT2D eigenvalue weighted by atomic mass is 9.99. The molecule has 0 saturated carbocycles. The molecule has 7 nitrogen and oxygen atoms in total. The topological polar surface area (TPSA) is 91.9 Å². The third kappa shape index (κ3) is 4.19. The molecule has 0 atom stereocenters. The molecule has 7 heteroatoms. The maximum Gasteiger partial charge on any atom is 0.412 e. The first-order chi connectivity index (χ1) is 14.2. The van der Waals surface area contributed by atoms with Gasteiger partial charge in [0, 0.05) is 6.07 Å². The number of ether oxygens (including phenoxy) is 1. The molecule has 4 rings (SSSR count). The minimum atomic E-state index is -0.549. The van der Waals surface area contributed by atoms with E-state index in [4.69, 9.17) is 4.74 Å². The quantitative estimate of drug-likeness (QED) is 0.445. The minimum absolute atomic E-state index is 0.136. The zero-order chi connectivity index (χ0) is 20.1. The summed E-state index contributed by atoms with van der Waals surface area (Å²) < 4.78 is 4.96. The second-order valence-electron chi connectivity index (χ2n) is 6.40. The number of hydrogen-bond acceptors (Lipinski definition) is 5. The molecule has 0 unspecified atom stereocenters. The maximum atomic E-state index is 11.8. The fraction of sp³-hybridized carbons (Fsp3) is 0.136. The highest BCUT2D eigenvalue weighted by molar-refractivity contribution is 5.92. The van der Waals surface area contributed by atoms with Crippen LogP contribution in [0, 0.1) is 0 Å². The van der Waals surface area contributed by atoms with Crippen molar-refractivity contribution < 1.29 is 9.53 Å². The van der Waals surface area contributed by atoms with Crippen LogP contribution in [0.25, 0.3) is 11.0 Å². The van der Waals surface area contributed by atoms with Crippen LogP contribution in [0.3, 0.4) is 0 Å². The van der Waals surface area contributed by atoms with Crippen molar-refractivity contribution in [2.45, 2.75) is 13.0 Å². The van der Waals surface area contributed by atoms with E-state index in [1.807, 2.05) is 36.4 Å². The molecule has 146 valence electrons. The molecule has 0 spiro atoms. The van der Waals surface area contributed by atoms with Gasteiger partial charge in [-0.3, -0.25) is 5.32 Å². The molecule has 0 aliphatic rings. The molecular weight excluding hydrogens is 366 g/mol. The van der Waals surface area contributed by atoms with Gasteiger partial charge in [-0.1, -0.05) is 60.7 Å². The number of H-pyrrole nitrogens is 1. The number of benzene rings is 2. The first-order valence-electron chi connectivity index (χ1n) is 9.39. The Balaban J connectivity index is 1.74. The third-order valence-electron chi connectivity index (χ3n) is 4.46. The van der Waals surface area contributed by atoms with Crippen molar-refractivity contribution in [1.82, 2.24) is 15.0 Å². The molecule has 2 heterocycles. The summed E-state index contributed by atoms with van der Waals surface area (Å²) in [4.78, 5) is 23.9. The van der Waals surface area contributed by atoms with Gasteiger partial charge in [-0.15, -0.1) is 0 Å². The molecule has 29 heavy (non-hydrogen) atoms. The fourth-order valence-electron chi connectivity index (χ4n) is 3.17. The number of hydrogen-bond donors (Lipinski definition) is 3. The Bertz CT molecular complexity index is 1060. The van der Waals surface area contributed by atoms with Crippen molar-refractivity contribution in [2.24, 2.45) is 0 Å². The normalized spacial score (nSPS) is 10.8. The predicted molar refractivity (Wildman–Crippen MR) is 113 cm³/mol. The lowest BCUT2D eigenvalue weighted by Gasteiger charge is -2.21. The van der Waals surface area contributed by atoms with Gasteiger partial charge < -0.3 is 15.0 Å². The largest absolute Gasteiger partial charge is 0.450 e. The molecule has 0 aliphatic carbocycles. The van der Waals surface area contributed by atoms with E-state index in [0.29, 0.717) is 17.2 Å². The summed E-state index contributed by atoms with van der Waals surface area (Å²) in [6.45, 7) is 2.04. The van der Waals surface area contributed by atoms with Crippen LogP contribution < -0.4 is 10.6 Å². The van der Waals surface area contributed by atoms with Gasteiger partial charge in [0.2, 0.25) is 0 Å². The SMILES string of the molecule is CCOC(=O)Nc1cc2[nH]cnc2c(NC(c2ccccc2)c2ccccc2)n1. The van der Waals surface area contributed by atoms with Crippen molar-refractivity contribution >= 4 is 28.8 Å². The Labute approximate surface area is 168 Å². The maximum absolute atomic E-state index is 11.8. The second kappa shape index (κ2) is 8.43. The van der Waals surface area contributed by atoms with Crippen LogP contribution in [0.4, 0.5) is 16.4 Å². The van der Waals surface area contributed by atoms with Crippen LogP contribution in [0.5, 0.6) is 0 Å². The van der Waals surface area contributed by atoms with Gasteiger partial charge >= 0.3 is 6.09 Å². The van der Waals surface area contributed by atoms with E-state index in [-0.39, 0.29) is 12.6 Å². The third-order valence-corrected chi connectivity index (χ3v) is 4.46. The van der Waals surface area contributed by atoms with E-state index >= 15 is 0 Å². The van der Waals surface area contributed by atoms with E-state index in [1.165, 1.54) is 0 Å². The Morgan fingerprint density at radius 1 is 1.07 bits per heavy atom. The molecule has 4 aromatic rings. The van der Waals surface area contributed by atoms with Crippen LogP contribution in [0.15, 0.2) is 73.1 Å². The molecule has 2 aromatic carbocycles. The number of rotatable bonds is 6. The Hall–Kier alpha value is -3.87. The number of fused-ring (bicyclic) bond motifs is 1. The lowest BCUT2D eigenvalue weighted by Crippen LogP contribution is -2.17. The molecule has 2 aromatic heterocycles. The van der Waals surface area contributed by atoms with Crippen molar-refractivity contribution in [3.8, 4) is 0 Å². The zero-order valence-corrected chi connectivity index (χ0v) is 15.9. The molecule has 1 amide bonds. The zero-order valence-electron chi connectivity index (χ0n) is 15.9. The summed E-state index contributed by atoms with van der Waals surface area (Å²) in [5.74, 6) is 0.941. The van der Waals surface area contributed by atoms with E-state index in [9.17, 15) is 4.79 Å². The number of pyridine rings is 1. The molecule has 0 fully saturated rings. The van der Waals surface area contributed by atoms with E-state index in [1.54, 1.807) is 19.3 Å². The van der Waals surface area contributed by atoms with Gasteiger partial charge in [-0.05, 0) is 18.1 Å².